The Bertz CT molecular complexity index is 408. The van der Waals surface area contributed by atoms with Gasteiger partial charge in [0.05, 0.1) is 7.11 Å². The molecular formula is C8H8N2O2. The van der Waals surface area contributed by atoms with Gasteiger partial charge in [0.15, 0.2) is 0 Å². The van der Waals surface area contributed by atoms with Crippen LogP contribution in [0.3, 0.4) is 0 Å². The number of methoxy groups -OCH3 is 1. The van der Waals surface area contributed by atoms with E-state index in [1.54, 1.807) is 25.3 Å². The number of fused-ring (bicyclic) bond motifs is 1. The standard InChI is InChI=1S/C8H8N2O2/c1-12-7-4-2-3-6-8(7)9-5-10(6)11/h2-5,11H,1H3. The van der Waals surface area contributed by atoms with Crippen LogP contribution in [0.25, 0.3) is 11.0 Å². The van der Waals surface area contributed by atoms with E-state index in [0.29, 0.717) is 16.8 Å². The lowest BCUT2D eigenvalue weighted by atomic mass is 10.3. The minimum absolute atomic E-state index is 0.648. The molecule has 1 N–H and O–H groups in total. The Kier molecular flexibility index (Phi) is 1.40. The van der Waals surface area contributed by atoms with Gasteiger partial charge < -0.3 is 9.94 Å². The second-order valence-corrected chi connectivity index (χ2v) is 2.42. The lowest BCUT2D eigenvalue weighted by Crippen LogP contribution is -1.87. The molecule has 1 aromatic heterocycles. The maximum Gasteiger partial charge on any atom is 0.146 e. The van der Waals surface area contributed by atoms with Crippen LogP contribution in [0.1, 0.15) is 0 Å². The zero-order valence-electron chi connectivity index (χ0n) is 6.56. The summed E-state index contributed by atoms with van der Waals surface area (Å²) in [6.45, 7) is 0. The summed E-state index contributed by atoms with van der Waals surface area (Å²) >= 11 is 0. The van der Waals surface area contributed by atoms with Crippen LogP contribution >= 0.6 is 0 Å². The number of rotatable bonds is 1. The largest absolute Gasteiger partial charge is 0.494 e. The Balaban J connectivity index is 2.81. The van der Waals surface area contributed by atoms with Crippen LogP contribution in [0.15, 0.2) is 24.5 Å². The quantitative estimate of drug-likeness (QED) is 0.646. The molecule has 0 spiro atoms. The molecule has 12 heavy (non-hydrogen) atoms. The molecule has 62 valence electrons. The van der Waals surface area contributed by atoms with E-state index in [-0.39, 0.29) is 0 Å². The minimum Gasteiger partial charge on any atom is -0.494 e. The van der Waals surface area contributed by atoms with Crippen LogP contribution in [0.4, 0.5) is 0 Å². The van der Waals surface area contributed by atoms with Crippen molar-refractivity contribution in [1.82, 2.24) is 9.71 Å². The molecule has 0 atom stereocenters. The highest BCUT2D eigenvalue weighted by Crippen LogP contribution is 2.22. The molecule has 1 heterocycles. The molecule has 2 rings (SSSR count). The van der Waals surface area contributed by atoms with Crippen molar-refractivity contribution in [2.24, 2.45) is 0 Å². The van der Waals surface area contributed by atoms with E-state index in [0.717, 1.165) is 4.73 Å². The van der Waals surface area contributed by atoms with Crippen molar-refractivity contribution in [3.63, 3.8) is 0 Å². The summed E-state index contributed by atoms with van der Waals surface area (Å²) in [4.78, 5) is 3.98. The zero-order chi connectivity index (χ0) is 8.55. The summed E-state index contributed by atoms with van der Waals surface area (Å²) in [6, 6.07) is 5.37. The van der Waals surface area contributed by atoms with Crippen molar-refractivity contribution in [3.05, 3.63) is 24.5 Å². The number of benzene rings is 1. The van der Waals surface area contributed by atoms with E-state index in [1.807, 2.05) is 0 Å². The van der Waals surface area contributed by atoms with Crippen LogP contribution in [-0.4, -0.2) is 22.0 Å². The average molecular weight is 164 g/mol. The second-order valence-electron chi connectivity index (χ2n) is 2.42. The number of aromatic nitrogens is 2. The van der Waals surface area contributed by atoms with Gasteiger partial charge >= 0.3 is 0 Å². The lowest BCUT2D eigenvalue weighted by Gasteiger charge is -1.99. The third-order valence-electron chi connectivity index (χ3n) is 1.74. The average Bonchev–Trinajstić information content (AvgIpc) is 2.48. The topological polar surface area (TPSA) is 47.3 Å². The van der Waals surface area contributed by atoms with Crippen LogP contribution in [0.2, 0.25) is 0 Å². The Labute approximate surface area is 69.0 Å². The van der Waals surface area contributed by atoms with E-state index in [2.05, 4.69) is 4.98 Å². The van der Waals surface area contributed by atoms with Gasteiger partial charge in [-0.25, -0.2) is 4.98 Å². The highest BCUT2D eigenvalue weighted by Gasteiger charge is 2.05. The predicted octanol–water partition coefficient (Wildman–Crippen LogP) is 1.28. The number of hydrogen-bond donors (Lipinski definition) is 1. The Morgan fingerprint density at radius 2 is 2.33 bits per heavy atom. The summed E-state index contributed by atoms with van der Waals surface area (Å²) in [6.07, 6.45) is 1.34. The molecule has 4 nitrogen and oxygen atoms in total. The van der Waals surface area contributed by atoms with Gasteiger partial charge in [0.25, 0.3) is 0 Å². The maximum atomic E-state index is 9.23. The number of imidazole rings is 1. The van der Waals surface area contributed by atoms with Crippen molar-refractivity contribution in [1.29, 1.82) is 0 Å². The van der Waals surface area contributed by atoms with Crippen LogP contribution in [0, 0.1) is 0 Å². The first kappa shape index (κ1) is 6.97. The van der Waals surface area contributed by atoms with Gasteiger partial charge in [0.2, 0.25) is 0 Å². The monoisotopic (exact) mass is 164 g/mol. The van der Waals surface area contributed by atoms with E-state index >= 15 is 0 Å². The normalized spacial score (nSPS) is 10.4. The highest BCUT2D eigenvalue weighted by atomic mass is 16.5. The molecule has 0 aliphatic carbocycles. The van der Waals surface area contributed by atoms with Gasteiger partial charge in [-0.15, -0.1) is 0 Å². The molecule has 0 aliphatic heterocycles. The van der Waals surface area contributed by atoms with Gasteiger partial charge in [-0.05, 0) is 12.1 Å². The summed E-state index contributed by atoms with van der Waals surface area (Å²) in [5, 5.41) is 9.23. The highest BCUT2D eigenvalue weighted by molar-refractivity contribution is 5.81. The van der Waals surface area contributed by atoms with Gasteiger partial charge in [-0.1, -0.05) is 6.07 Å². The Morgan fingerprint density at radius 3 is 3.08 bits per heavy atom. The van der Waals surface area contributed by atoms with Crippen molar-refractivity contribution in [2.45, 2.75) is 0 Å². The Hall–Kier alpha value is -1.71. The SMILES string of the molecule is COc1cccc2c1ncn2O. The molecule has 1 aromatic carbocycles. The molecule has 0 saturated heterocycles. The summed E-state index contributed by atoms with van der Waals surface area (Å²) < 4.78 is 6.02. The molecular weight excluding hydrogens is 156 g/mol. The van der Waals surface area contributed by atoms with Gasteiger partial charge in [-0.2, -0.15) is 4.73 Å². The molecule has 0 saturated carbocycles. The number of para-hydroxylation sites is 1. The van der Waals surface area contributed by atoms with Crippen molar-refractivity contribution < 1.29 is 9.94 Å². The number of nitrogens with zero attached hydrogens (tertiary/aromatic N) is 2. The smallest absolute Gasteiger partial charge is 0.146 e. The molecule has 0 amide bonds. The molecule has 0 fully saturated rings. The fourth-order valence-corrected chi connectivity index (χ4v) is 1.16. The molecule has 4 heteroatoms. The molecule has 2 aromatic rings. The first-order valence-corrected chi connectivity index (χ1v) is 3.52. The minimum atomic E-state index is 0.648. The summed E-state index contributed by atoms with van der Waals surface area (Å²) in [7, 11) is 1.57. The molecule has 0 aliphatic rings. The first-order chi connectivity index (χ1) is 5.83. The molecule has 0 bridgehead atoms. The first-order valence-electron chi connectivity index (χ1n) is 3.52. The fourth-order valence-electron chi connectivity index (χ4n) is 1.16. The van der Waals surface area contributed by atoms with E-state index in [4.69, 9.17) is 4.74 Å². The Morgan fingerprint density at radius 1 is 1.50 bits per heavy atom. The number of hydrogen-bond acceptors (Lipinski definition) is 3. The van der Waals surface area contributed by atoms with Crippen molar-refractivity contribution >= 4 is 11.0 Å². The van der Waals surface area contributed by atoms with Crippen LogP contribution in [0.5, 0.6) is 5.75 Å². The third kappa shape index (κ3) is 0.812. The van der Waals surface area contributed by atoms with Crippen LogP contribution < -0.4 is 4.74 Å². The summed E-state index contributed by atoms with van der Waals surface area (Å²) in [5.74, 6) is 0.667. The molecule has 0 radical (unpaired) electrons. The lowest BCUT2D eigenvalue weighted by molar-refractivity contribution is 0.198. The molecule has 0 unspecified atom stereocenters. The van der Waals surface area contributed by atoms with Crippen LogP contribution in [-0.2, 0) is 0 Å². The van der Waals surface area contributed by atoms with E-state index in [1.165, 1.54) is 6.33 Å². The van der Waals surface area contributed by atoms with Crippen molar-refractivity contribution in [3.8, 4) is 5.75 Å². The van der Waals surface area contributed by atoms with E-state index < -0.39 is 0 Å². The fraction of sp³-hybridized carbons (Fsp3) is 0.125. The van der Waals surface area contributed by atoms with Gasteiger partial charge in [0.1, 0.15) is 23.1 Å². The zero-order valence-corrected chi connectivity index (χ0v) is 6.56. The van der Waals surface area contributed by atoms with Gasteiger partial charge in [0, 0.05) is 0 Å². The predicted molar refractivity (Wildman–Crippen MR) is 43.5 cm³/mol. The third-order valence-corrected chi connectivity index (χ3v) is 1.74. The second kappa shape index (κ2) is 2.41. The maximum absolute atomic E-state index is 9.23. The summed E-state index contributed by atoms with van der Waals surface area (Å²) in [5.41, 5.74) is 1.32. The van der Waals surface area contributed by atoms with E-state index in [9.17, 15) is 5.21 Å². The van der Waals surface area contributed by atoms with Gasteiger partial charge in [-0.3, -0.25) is 0 Å². The van der Waals surface area contributed by atoms with Crippen molar-refractivity contribution in [2.75, 3.05) is 7.11 Å². The number of ether oxygens (including phenoxy) is 1.